The summed E-state index contributed by atoms with van der Waals surface area (Å²) in [6.07, 6.45) is 2.61. The Balaban J connectivity index is 1.47. The lowest BCUT2D eigenvalue weighted by Crippen LogP contribution is -2.21. The van der Waals surface area contributed by atoms with Gasteiger partial charge in [-0.3, -0.25) is 0 Å². The number of fused-ring (bicyclic) bond motifs is 2. The Labute approximate surface area is 162 Å². The minimum absolute atomic E-state index is 0.00110. The Morgan fingerprint density at radius 3 is 2.93 bits per heavy atom. The highest BCUT2D eigenvalue weighted by molar-refractivity contribution is 5.85. The third-order valence-corrected chi connectivity index (χ3v) is 5.34. The van der Waals surface area contributed by atoms with Crippen LogP contribution in [0.3, 0.4) is 0 Å². The van der Waals surface area contributed by atoms with E-state index in [1.807, 2.05) is 42.6 Å². The van der Waals surface area contributed by atoms with E-state index < -0.39 is 0 Å². The zero-order valence-electron chi connectivity index (χ0n) is 15.4. The van der Waals surface area contributed by atoms with E-state index in [-0.39, 0.29) is 17.7 Å². The van der Waals surface area contributed by atoms with E-state index in [2.05, 4.69) is 15.5 Å². The molecule has 0 saturated heterocycles. The highest BCUT2D eigenvalue weighted by Crippen LogP contribution is 2.35. The molecule has 0 radical (unpaired) electrons. The fraction of sp³-hybridized carbons (Fsp3) is 0.286. The van der Waals surface area contributed by atoms with Crippen LogP contribution >= 0.6 is 0 Å². The summed E-state index contributed by atoms with van der Waals surface area (Å²) < 4.78 is 11.2. The molecule has 0 saturated carbocycles. The van der Waals surface area contributed by atoms with Crippen molar-refractivity contribution in [3.63, 3.8) is 0 Å². The van der Waals surface area contributed by atoms with Crippen molar-refractivity contribution in [2.75, 3.05) is 20.3 Å². The fourth-order valence-corrected chi connectivity index (χ4v) is 3.77. The second-order valence-corrected chi connectivity index (χ2v) is 7.11. The van der Waals surface area contributed by atoms with Crippen LogP contribution in [-0.4, -0.2) is 41.6 Å². The van der Waals surface area contributed by atoms with Crippen LogP contribution in [-0.2, 0) is 6.42 Å². The molecule has 2 aromatic carbocycles. The summed E-state index contributed by atoms with van der Waals surface area (Å²) in [4.78, 5) is 9.10. The summed E-state index contributed by atoms with van der Waals surface area (Å²) in [5, 5.41) is 15.3. The first-order valence-corrected chi connectivity index (χ1v) is 9.27. The van der Waals surface area contributed by atoms with Crippen molar-refractivity contribution in [2.24, 2.45) is 5.10 Å². The molecule has 0 aliphatic carbocycles. The molecule has 0 bridgehead atoms. The lowest BCUT2D eigenvalue weighted by atomic mass is 9.95. The van der Waals surface area contributed by atoms with E-state index >= 15 is 0 Å². The molecule has 3 heterocycles. The number of nitrogens with zero attached hydrogens (tertiary/aromatic N) is 3. The third-order valence-electron chi connectivity index (χ3n) is 5.34. The molecule has 3 aromatic rings. The zero-order chi connectivity index (χ0) is 19.1. The lowest BCUT2D eigenvalue weighted by Gasteiger charge is -2.25. The van der Waals surface area contributed by atoms with Crippen LogP contribution in [0, 0.1) is 0 Å². The quantitative estimate of drug-likeness (QED) is 0.731. The molecule has 7 heteroatoms. The largest absolute Gasteiger partial charge is 0.497 e. The SMILES string of the molecule is COc1ccc2c(c1)CC(c1nc(O)c3cc(C4C=NNC4)ccc3n1)CO2. The van der Waals surface area contributed by atoms with Crippen LogP contribution in [0.5, 0.6) is 17.4 Å². The van der Waals surface area contributed by atoms with Crippen molar-refractivity contribution in [3.8, 4) is 17.4 Å². The number of ether oxygens (including phenoxy) is 2. The van der Waals surface area contributed by atoms with Gasteiger partial charge in [0.25, 0.3) is 0 Å². The fourth-order valence-electron chi connectivity index (χ4n) is 3.77. The molecule has 142 valence electrons. The molecule has 28 heavy (non-hydrogen) atoms. The Morgan fingerprint density at radius 1 is 1.18 bits per heavy atom. The topological polar surface area (TPSA) is 88.9 Å². The Morgan fingerprint density at radius 2 is 2.11 bits per heavy atom. The van der Waals surface area contributed by atoms with E-state index in [0.29, 0.717) is 17.8 Å². The predicted molar refractivity (Wildman–Crippen MR) is 105 cm³/mol. The first-order chi connectivity index (χ1) is 13.7. The third kappa shape index (κ3) is 2.89. The Bertz CT molecular complexity index is 1080. The van der Waals surface area contributed by atoms with Gasteiger partial charge in [-0.2, -0.15) is 10.1 Å². The van der Waals surface area contributed by atoms with Crippen molar-refractivity contribution >= 4 is 17.1 Å². The molecule has 2 atom stereocenters. The average molecular weight is 376 g/mol. The van der Waals surface area contributed by atoms with Gasteiger partial charge in [0, 0.05) is 18.7 Å². The van der Waals surface area contributed by atoms with E-state index in [1.165, 1.54) is 0 Å². The van der Waals surface area contributed by atoms with Crippen molar-refractivity contribution < 1.29 is 14.6 Å². The second-order valence-electron chi connectivity index (χ2n) is 7.11. The summed E-state index contributed by atoms with van der Waals surface area (Å²) in [6.45, 7) is 1.24. The van der Waals surface area contributed by atoms with Crippen LogP contribution in [0.4, 0.5) is 0 Å². The lowest BCUT2D eigenvalue weighted by molar-refractivity contribution is 0.256. The summed E-state index contributed by atoms with van der Waals surface area (Å²) in [5.74, 6) is 2.42. The molecule has 0 fully saturated rings. The van der Waals surface area contributed by atoms with Gasteiger partial charge in [0.2, 0.25) is 5.88 Å². The predicted octanol–water partition coefficient (Wildman–Crippen LogP) is 2.74. The van der Waals surface area contributed by atoms with E-state index in [0.717, 1.165) is 41.1 Å². The number of methoxy groups -OCH3 is 1. The van der Waals surface area contributed by atoms with Crippen LogP contribution in [0.1, 0.15) is 28.8 Å². The molecule has 1 aromatic heterocycles. The molecule has 0 amide bonds. The highest BCUT2D eigenvalue weighted by atomic mass is 16.5. The molecular formula is C21H20N4O3. The maximum Gasteiger partial charge on any atom is 0.222 e. The number of hydrazone groups is 1. The zero-order valence-corrected chi connectivity index (χ0v) is 15.4. The van der Waals surface area contributed by atoms with Crippen molar-refractivity contribution in [2.45, 2.75) is 18.3 Å². The molecule has 2 aliphatic heterocycles. The van der Waals surface area contributed by atoms with Gasteiger partial charge in [0.1, 0.15) is 17.3 Å². The van der Waals surface area contributed by atoms with Crippen molar-refractivity contribution in [3.05, 3.63) is 53.3 Å². The van der Waals surface area contributed by atoms with Crippen LogP contribution in [0.2, 0.25) is 0 Å². The van der Waals surface area contributed by atoms with Crippen molar-refractivity contribution in [1.29, 1.82) is 0 Å². The highest BCUT2D eigenvalue weighted by Gasteiger charge is 2.25. The number of rotatable bonds is 3. The number of hydrogen-bond acceptors (Lipinski definition) is 7. The van der Waals surface area contributed by atoms with Gasteiger partial charge in [0.15, 0.2) is 0 Å². The van der Waals surface area contributed by atoms with E-state index in [9.17, 15) is 5.11 Å². The minimum atomic E-state index is -0.0271. The normalized spacial score (nSPS) is 20.5. The molecule has 5 rings (SSSR count). The van der Waals surface area contributed by atoms with Gasteiger partial charge in [0.05, 0.1) is 30.5 Å². The van der Waals surface area contributed by atoms with Crippen LogP contribution in [0.15, 0.2) is 41.5 Å². The molecular weight excluding hydrogens is 356 g/mol. The monoisotopic (exact) mass is 376 g/mol. The number of benzene rings is 2. The summed E-state index contributed by atoms with van der Waals surface area (Å²) in [5.41, 5.74) is 5.82. The van der Waals surface area contributed by atoms with E-state index in [4.69, 9.17) is 14.5 Å². The number of aromatic nitrogens is 2. The first kappa shape index (κ1) is 16.8. The van der Waals surface area contributed by atoms with Crippen LogP contribution in [0.25, 0.3) is 10.9 Å². The maximum atomic E-state index is 10.6. The van der Waals surface area contributed by atoms with Gasteiger partial charge >= 0.3 is 0 Å². The first-order valence-electron chi connectivity index (χ1n) is 9.27. The molecule has 0 spiro atoms. The Hall–Kier alpha value is -3.35. The minimum Gasteiger partial charge on any atom is -0.497 e. The molecule has 7 nitrogen and oxygen atoms in total. The molecule has 2 aliphatic rings. The molecule has 2 N–H and O–H groups in total. The van der Waals surface area contributed by atoms with Gasteiger partial charge in [-0.15, -0.1) is 0 Å². The smallest absolute Gasteiger partial charge is 0.222 e. The Kier molecular flexibility index (Phi) is 4.00. The number of nitrogens with one attached hydrogen (secondary N) is 1. The number of hydrogen-bond donors (Lipinski definition) is 2. The maximum absolute atomic E-state index is 10.6. The van der Waals surface area contributed by atoms with Crippen LogP contribution < -0.4 is 14.9 Å². The second kappa shape index (κ2) is 6.67. The summed E-state index contributed by atoms with van der Waals surface area (Å²) in [6, 6.07) is 11.7. The standard InChI is InChI=1S/C21H20N4O3/c1-27-16-3-5-19-13(7-16)6-14(11-28-19)20-24-18-4-2-12(15-9-22-23-10-15)8-17(18)21(26)25-20/h2-5,7-9,14-15,23H,6,10-11H2,1H3,(H,24,25,26). The average Bonchev–Trinajstić information content (AvgIpc) is 3.27. The molecule has 2 unspecified atom stereocenters. The van der Waals surface area contributed by atoms with Gasteiger partial charge in [-0.05, 0) is 47.9 Å². The summed E-state index contributed by atoms with van der Waals surface area (Å²) in [7, 11) is 1.65. The van der Waals surface area contributed by atoms with E-state index in [1.54, 1.807) is 7.11 Å². The van der Waals surface area contributed by atoms with Gasteiger partial charge < -0.3 is 20.0 Å². The summed E-state index contributed by atoms with van der Waals surface area (Å²) >= 11 is 0. The van der Waals surface area contributed by atoms with Crippen molar-refractivity contribution in [1.82, 2.24) is 15.4 Å². The number of aromatic hydroxyl groups is 1. The van der Waals surface area contributed by atoms with Gasteiger partial charge in [-0.25, -0.2) is 4.98 Å². The van der Waals surface area contributed by atoms with Gasteiger partial charge in [-0.1, -0.05) is 6.07 Å².